The van der Waals surface area contributed by atoms with Gasteiger partial charge in [-0.1, -0.05) is 20.8 Å². The zero-order valence-corrected chi connectivity index (χ0v) is 10.5. The number of carboxylic acid groups (broad SMARTS) is 1. The Balaban J connectivity index is 2.79. The average Bonchev–Trinajstić information content (AvgIpc) is 2.16. The molecule has 16 heavy (non-hydrogen) atoms. The molecule has 1 rings (SSSR count). The smallest absolute Gasteiger partial charge is 0.405 e. The lowest BCUT2D eigenvalue weighted by Gasteiger charge is -2.48. The van der Waals surface area contributed by atoms with Crippen LogP contribution in [0.4, 0.5) is 4.79 Å². The van der Waals surface area contributed by atoms with E-state index in [2.05, 4.69) is 26.1 Å². The Hall–Kier alpha value is -0.770. The fourth-order valence-electron chi connectivity index (χ4n) is 2.67. The predicted octanol–water partition coefficient (Wildman–Crippen LogP) is 2.19. The van der Waals surface area contributed by atoms with Crippen molar-refractivity contribution in [2.24, 2.45) is 17.1 Å². The first-order valence-electron chi connectivity index (χ1n) is 6.02. The molecule has 1 aliphatic rings. The minimum Gasteiger partial charge on any atom is -0.465 e. The van der Waals surface area contributed by atoms with Gasteiger partial charge in [0.1, 0.15) is 0 Å². The van der Waals surface area contributed by atoms with E-state index in [4.69, 9.17) is 10.8 Å². The summed E-state index contributed by atoms with van der Waals surface area (Å²) < 4.78 is 0. The Bertz CT molecular complexity index is 250. The first-order valence-corrected chi connectivity index (χ1v) is 6.02. The highest BCUT2D eigenvalue weighted by Crippen LogP contribution is 2.43. The molecule has 4 N–H and O–H groups in total. The topological polar surface area (TPSA) is 75.3 Å². The summed E-state index contributed by atoms with van der Waals surface area (Å²) in [6, 6.07) is 0. The summed E-state index contributed by atoms with van der Waals surface area (Å²) >= 11 is 0. The molecule has 1 fully saturated rings. The van der Waals surface area contributed by atoms with Crippen LogP contribution in [0.3, 0.4) is 0 Å². The maximum atomic E-state index is 10.9. The van der Waals surface area contributed by atoms with E-state index in [1.54, 1.807) is 0 Å². The maximum Gasteiger partial charge on any atom is 0.405 e. The van der Waals surface area contributed by atoms with E-state index in [1.807, 2.05) is 0 Å². The number of rotatable bonds is 2. The summed E-state index contributed by atoms with van der Waals surface area (Å²) in [5.41, 5.74) is 5.33. The van der Waals surface area contributed by atoms with E-state index in [1.165, 1.54) is 0 Å². The van der Waals surface area contributed by atoms with Gasteiger partial charge in [0.15, 0.2) is 0 Å². The molecule has 0 radical (unpaired) electrons. The van der Waals surface area contributed by atoms with Gasteiger partial charge >= 0.3 is 6.09 Å². The summed E-state index contributed by atoms with van der Waals surface area (Å²) in [5, 5.41) is 11.7. The Labute approximate surface area is 97.6 Å². The molecule has 1 saturated carbocycles. The number of hydrogen-bond donors (Lipinski definition) is 3. The minimum absolute atomic E-state index is 0.0506. The molecule has 0 bridgehead atoms. The van der Waals surface area contributed by atoms with Gasteiger partial charge in [0.2, 0.25) is 0 Å². The van der Waals surface area contributed by atoms with E-state index in [-0.39, 0.29) is 11.0 Å². The van der Waals surface area contributed by atoms with Gasteiger partial charge in [0.25, 0.3) is 0 Å². The van der Waals surface area contributed by atoms with Gasteiger partial charge in [0.05, 0.1) is 0 Å². The summed E-state index contributed by atoms with van der Waals surface area (Å²) in [7, 11) is 0. The van der Waals surface area contributed by atoms with Gasteiger partial charge in [-0.3, -0.25) is 0 Å². The van der Waals surface area contributed by atoms with Crippen LogP contribution in [-0.2, 0) is 0 Å². The molecule has 0 aromatic carbocycles. The van der Waals surface area contributed by atoms with E-state index in [0.29, 0.717) is 12.5 Å². The number of carbonyl (C=O) groups is 1. The molecule has 1 aliphatic carbocycles. The fraction of sp³-hybridized carbons (Fsp3) is 0.917. The maximum absolute atomic E-state index is 10.9. The Kier molecular flexibility index (Phi) is 3.84. The number of amides is 1. The van der Waals surface area contributed by atoms with Crippen molar-refractivity contribution in [2.45, 2.75) is 52.0 Å². The monoisotopic (exact) mass is 228 g/mol. The lowest BCUT2D eigenvalue weighted by molar-refractivity contribution is 0.0688. The van der Waals surface area contributed by atoms with Crippen molar-refractivity contribution >= 4 is 6.09 Å². The van der Waals surface area contributed by atoms with Crippen LogP contribution in [-0.4, -0.2) is 23.3 Å². The van der Waals surface area contributed by atoms with E-state index in [9.17, 15) is 4.79 Å². The van der Waals surface area contributed by atoms with Crippen LogP contribution in [0.2, 0.25) is 0 Å². The molecule has 0 aliphatic heterocycles. The molecule has 0 spiro atoms. The lowest BCUT2D eigenvalue weighted by Crippen LogP contribution is -2.58. The highest BCUT2D eigenvalue weighted by molar-refractivity contribution is 5.65. The van der Waals surface area contributed by atoms with Crippen LogP contribution in [0, 0.1) is 11.3 Å². The van der Waals surface area contributed by atoms with E-state index >= 15 is 0 Å². The van der Waals surface area contributed by atoms with Crippen molar-refractivity contribution in [1.82, 2.24) is 5.32 Å². The zero-order chi connectivity index (χ0) is 12.4. The van der Waals surface area contributed by atoms with Gasteiger partial charge in [-0.25, -0.2) is 4.79 Å². The normalized spacial score (nSPS) is 31.1. The van der Waals surface area contributed by atoms with Crippen molar-refractivity contribution in [1.29, 1.82) is 0 Å². The molecule has 0 aromatic heterocycles. The van der Waals surface area contributed by atoms with Gasteiger partial charge in [0, 0.05) is 5.54 Å². The highest BCUT2D eigenvalue weighted by atomic mass is 16.4. The molecule has 0 aromatic rings. The lowest BCUT2D eigenvalue weighted by atomic mass is 9.63. The van der Waals surface area contributed by atoms with Crippen LogP contribution in [0.15, 0.2) is 0 Å². The van der Waals surface area contributed by atoms with Crippen molar-refractivity contribution < 1.29 is 9.90 Å². The third-order valence-corrected chi connectivity index (χ3v) is 4.07. The quantitative estimate of drug-likeness (QED) is 0.678. The molecule has 4 nitrogen and oxygen atoms in total. The molecule has 1 amide bonds. The number of hydrogen-bond acceptors (Lipinski definition) is 2. The van der Waals surface area contributed by atoms with Crippen LogP contribution in [0.25, 0.3) is 0 Å². The molecular weight excluding hydrogens is 204 g/mol. The number of nitrogens with one attached hydrogen (secondary N) is 1. The van der Waals surface area contributed by atoms with Gasteiger partial charge in [-0.15, -0.1) is 0 Å². The van der Waals surface area contributed by atoms with Crippen LogP contribution in [0.5, 0.6) is 0 Å². The van der Waals surface area contributed by atoms with Crippen molar-refractivity contribution in [3.05, 3.63) is 0 Å². The second kappa shape index (κ2) is 4.62. The summed E-state index contributed by atoms with van der Waals surface area (Å²) in [6.07, 6.45) is 2.92. The number of nitrogens with two attached hydrogens (primary N) is 1. The Morgan fingerprint density at radius 3 is 2.25 bits per heavy atom. The van der Waals surface area contributed by atoms with E-state index in [0.717, 1.165) is 25.7 Å². The van der Waals surface area contributed by atoms with Crippen LogP contribution < -0.4 is 11.1 Å². The predicted molar refractivity (Wildman–Crippen MR) is 64.4 cm³/mol. The second-order valence-corrected chi connectivity index (χ2v) is 5.94. The van der Waals surface area contributed by atoms with Gasteiger partial charge in [-0.05, 0) is 43.6 Å². The van der Waals surface area contributed by atoms with Gasteiger partial charge < -0.3 is 16.2 Å². The van der Waals surface area contributed by atoms with Crippen LogP contribution in [0.1, 0.15) is 46.5 Å². The van der Waals surface area contributed by atoms with E-state index < -0.39 is 6.09 Å². The van der Waals surface area contributed by atoms with Crippen molar-refractivity contribution in [3.63, 3.8) is 0 Å². The standard InChI is InChI=1S/C12H24N2O2/c1-11(2,3)12(14-10(15)16)6-4-9(8-13)5-7-12/h9,14H,4-8,13H2,1-3H3,(H,15,16). The van der Waals surface area contributed by atoms with Gasteiger partial charge in [-0.2, -0.15) is 0 Å². The van der Waals surface area contributed by atoms with Crippen LogP contribution >= 0.6 is 0 Å². The second-order valence-electron chi connectivity index (χ2n) is 5.94. The molecule has 94 valence electrons. The minimum atomic E-state index is -0.916. The Morgan fingerprint density at radius 2 is 1.94 bits per heavy atom. The molecule has 0 unspecified atom stereocenters. The SMILES string of the molecule is CC(C)(C)C1(NC(=O)O)CCC(CN)CC1. The summed E-state index contributed by atoms with van der Waals surface area (Å²) in [6.45, 7) is 7.02. The Morgan fingerprint density at radius 1 is 1.44 bits per heavy atom. The summed E-state index contributed by atoms with van der Waals surface area (Å²) in [5.74, 6) is 0.561. The third-order valence-electron chi connectivity index (χ3n) is 4.07. The molecule has 0 saturated heterocycles. The average molecular weight is 228 g/mol. The first-order chi connectivity index (χ1) is 7.31. The first kappa shape index (κ1) is 13.3. The summed E-state index contributed by atoms with van der Waals surface area (Å²) in [4.78, 5) is 10.9. The molecule has 0 atom stereocenters. The largest absolute Gasteiger partial charge is 0.465 e. The molecular formula is C12H24N2O2. The molecule has 0 heterocycles. The highest BCUT2D eigenvalue weighted by Gasteiger charge is 2.45. The van der Waals surface area contributed by atoms with Crippen molar-refractivity contribution in [2.75, 3.05) is 6.54 Å². The third kappa shape index (κ3) is 2.67. The molecule has 4 heteroatoms. The zero-order valence-electron chi connectivity index (χ0n) is 10.5. The van der Waals surface area contributed by atoms with Crippen molar-refractivity contribution in [3.8, 4) is 0 Å². The fourth-order valence-corrected chi connectivity index (χ4v) is 2.67.